The highest BCUT2D eigenvalue weighted by atomic mass is 32.3. The number of hydrogen-bond acceptors (Lipinski definition) is 7. The van der Waals surface area contributed by atoms with E-state index in [0.29, 0.717) is 16.6 Å². The molecule has 0 saturated carbocycles. The van der Waals surface area contributed by atoms with Crippen molar-refractivity contribution in [3.05, 3.63) is 70.8 Å². The van der Waals surface area contributed by atoms with Crippen molar-refractivity contribution in [2.45, 2.75) is 30.7 Å². The Hall–Kier alpha value is -4.42. The summed E-state index contributed by atoms with van der Waals surface area (Å²) in [4.78, 5) is 55.4. The van der Waals surface area contributed by atoms with E-state index in [9.17, 15) is 27.9 Å². The molecule has 2 atom stereocenters. The number of benzene rings is 3. The molecule has 1 saturated heterocycles. The first-order chi connectivity index (χ1) is 18.2. The van der Waals surface area contributed by atoms with E-state index in [0.717, 1.165) is 9.69 Å². The van der Waals surface area contributed by atoms with Gasteiger partial charge in [-0.3, -0.25) is 29.1 Å². The Labute approximate surface area is 216 Å². The van der Waals surface area contributed by atoms with E-state index >= 15 is 0 Å². The maximum Gasteiger partial charge on any atom is 0.264 e. The first-order valence-electron chi connectivity index (χ1n) is 11.9. The Balaban J connectivity index is 1.36. The van der Waals surface area contributed by atoms with Crippen LogP contribution in [0.3, 0.4) is 0 Å². The van der Waals surface area contributed by atoms with E-state index in [1.807, 2.05) is 0 Å². The first kappa shape index (κ1) is 23.9. The number of sulfonamides is 1. The van der Waals surface area contributed by atoms with Crippen molar-refractivity contribution in [2.24, 2.45) is 0 Å². The predicted octanol–water partition coefficient (Wildman–Crippen LogP) is 2.20. The molecule has 38 heavy (non-hydrogen) atoms. The summed E-state index contributed by atoms with van der Waals surface area (Å²) < 4.78 is 28.8. The number of nitrogens with one attached hydrogen (secondary N) is 2. The second-order valence-corrected chi connectivity index (χ2v) is 11.0. The monoisotopic (exact) mass is 531 g/mol. The Morgan fingerprint density at radius 2 is 1.84 bits per heavy atom. The fraction of sp³-hybridized carbons (Fsp3) is 0.192. The second-order valence-electron chi connectivity index (χ2n) is 9.19. The van der Waals surface area contributed by atoms with E-state index in [1.165, 1.54) is 16.7 Å². The molecule has 12 heteroatoms. The van der Waals surface area contributed by atoms with E-state index in [2.05, 4.69) is 15.6 Å². The van der Waals surface area contributed by atoms with E-state index in [1.54, 1.807) is 49.4 Å². The number of aromatic nitrogens is 2. The number of carbonyl (C=O) groups is 3. The summed E-state index contributed by atoms with van der Waals surface area (Å²) in [7, 11) is -3.95. The van der Waals surface area contributed by atoms with Crippen LogP contribution in [-0.2, 0) is 29.0 Å². The summed E-state index contributed by atoms with van der Waals surface area (Å²) in [6.07, 6.45) is 0.226. The van der Waals surface area contributed by atoms with Crippen molar-refractivity contribution in [3.63, 3.8) is 0 Å². The van der Waals surface area contributed by atoms with Gasteiger partial charge in [-0.25, -0.2) is 4.98 Å². The minimum atomic E-state index is -3.95. The molecule has 0 aliphatic carbocycles. The molecule has 3 aromatic carbocycles. The molecule has 2 aliphatic heterocycles. The molecule has 0 radical (unpaired) electrons. The van der Waals surface area contributed by atoms with Gasteiger partial charge < -0.3 is 9.87 Å². The average Bonchev–Trinajstić information content (AvgIpc) is 3.08. The number of rotatable bonds is 4. The van der Waals surface area contributed by atoms with Crippen LogP contribution in [0.1, 0.15) is 24.7 Å². The average molecular weight is 532 g/mol. The summed E-state index contributed by atoms with van der Waals surface area (Å²) in [6.45, 7) is 1.08. The van der Waals surface area contributed by atoms with Crippen LogP contribution in [0.4, 0.5) is 11.4 Å². The van der Waals surface area contributed by atoms with Crippen LogP contribution >= 0.6 is 0 Å². The number of hydrogen-bond donors (Lipinski definition) is 2. The van der Waals surface area contributed by atoms with Gasteiger partial charge >= 0.3 is 0 Å². The molecule has 6 rings (SSSR count). The normalized spacial score (nSPS) is 20.7. The standard InChI is InChI=1S/C26H21N5O6S/c1-14-27-16-7-4-8-17(24(16)26(35)31(14)19-11-12-21(32)29-25(19)34)28-22(33)13-30-18-9-2-5-15-6-3-10-20(23(15)18)38(30,36)37/h2-10,19H,11-13H2,1H3,(H2-,28,29,32,33,34,35,36,37). The number of amides is 3. The first-order valence-corrected chi connectivity index (χ1v) is 13.3. The van der Waals surface area contributed by atoms with Crippen LogP contribution in [0.15, 0.2) is 64.3 Å². The van der Waals surface area contributed by atoms with Crippen LogP contribution < -0.4 is 20.5 Å². The number of nitrogens with zero attached hydrogens (tertiary/aromatic N) is 3. The Kier molecular flexibility index (Phi) is 5.40. The second kappa shape index (κ2) is 8.57. The topological polar surface area (TPSA) is 154 Å². The van der Waals surface area contributed by atoms with Gasteiger partial charge in [0.15, 0.2) is 15.3 Å². The molecule has 3 amide bonds. The molecule has 4 aromatic rings. The number of anilines is 2. The number of carbonyl (C=O) groups excluding carboxylic acids is 3. The Morgan fingerprint density at radius 1 is 1.11 bits per heavy atom. The molecule has 0 spiro atoms. The van der Waals surface area contributed by atoms with Crippen LogP contribution in [0.25, 0.3) is 21.7 Å². The molecule has 2 aliphatic rings. The lowest BCUT2D eigenvalue weighted by atomic mass is 10.1. The maximum atomic E-state index is 13.6. The van der Waals surface area contributed by atoms with Crippen molar-refractivity contribution in [1.29, 1.82) is 0 Å². The molecular formula is C26H21N5O6S. The van der Waals surface area contributed by atoms with Gasteiger partial charge in [-0.05, 0) is 43.0 Å². The fourth-order valence-corrected chi connectivity index (χ4v) is 6.87. The van der Waals surface area contributed by atoms with E-state index in [4.69, 9.17) is 0 Å². The van der Waals surface area contributed by atoms with Crippen LogP contribution in [0.2, 0.25) is 0 Å². The minimum absolute atomic E-state index is 0.0748. The van der Waals surface area contributed by atoms with Gasteiger partial charge in [0.1, 0.15) is 18.4 Å². The summed E-state index contributed by atoms with van der Waals surface area (Å²) in [5, 5.41) is 6.28. The largest absolute Gasteiger partial charge is 0.588 e. The minimum Gasteiger partial charge on any atom is -0.588 e. The smallest absolute Gasteiger partial charge is 0.264 e. The summed E-state index contributed by atoms with van der Waals surface area (Å²) in [5.74, 6) is -1.37. The number of piperidine rings is 1. The predicted molar refractivity (Wildman–Crippen MR) is 139 cm³/mol. The highest BCUT2D eigenvalue weighted by molar-refractivity contribution is 7.99. The molecule has 3 heterocycles. The van der Waals surface area contributed by atoms with Crippen molar-refractivity contribution in [1.82, 2.24) is 14.9 Å². The molecule has 1 aromatic heterocycles. The van der Waals surface area contributed by atoms with Crippen LogP contribution in [0.5, 0.6) is 0 Å². The molecule has 192 valence electrons. The van der Waals surface area contributed by atoms with E-state index < -0.39 is 46.3 Å². The van der Waals surface area contributed by atoms with Gasteiger partial charge in [0, 0.05) is 6.42 Å². The highest BCUT2D eigenvalue weighted by Gasteiger charge is 2.42. The zero-order chi connectivity index (χ0) is 26.8. The fourth-order valence-electron chi connectivity index (χ4n) is 5.20. The SMILES string of the molecule is Cc1nc2cccc(NC(=O)CN3c4cccc5cccc(c45)[S+]3(=O)[O-])c2c(=O)n1C1CCC(=O)NC1=O. The number of imide groups is 1. The third-order valence-electron chi connectivity index (χ3n) is 6.87. The van der Waals surface area contributed by atoms with Gasteiger partial charge in [0.25, 0.3) is 5.56 Å². The van der Waals surface area contributed by atoms with Crippen molar-refractivity contribution in [2.75, 3.05) is 16.2 Å². The zero-order valence-electron chi connectivity index (χ0n) is 20.1. The lowest BCUT2D eigenvalue weighted by Gasteiger charge is -2.25. The third kappa shape index (κ3) is 3.60. The molecule has 0 bridgehead atoms. The molecule has 2 unspecified atom stereocenters. The van der Waals surface area contributed by atoms with Gasteiger partial charge in [-0.15, -0.1) is 0 Å². The summed E-state index contributed by atoms with van der Waals surface area (Å²) >= 11 is 0. The van der Waals surface area contributed by atoms with Gasteiger partial charge in [-0.1, -0.05) is 34.5 Å². The zero-order valence-corrected chi connectivity index (χ0v) is 20.9. The van der Waals surface area contributed by atoms with Gasteiger partial charge in [-0.2, -0.15) is 4.31 Å². The lowest BCUT2D eigenvalue weighted by molar-refractivity contribution is -0.135. The molecule has 2 N–H and O–H groups in total. The number of fused-ring (bicyclic) bond motifs is 1. The summed E-state index contributed by atoms with van der Waals surface area (Å²) in [6, 6.07) is 14.0. The molecule has 1 fully saturated rings. The lowest BCUT2D eigenvalue weighted by Crippen LogP contribution is -2.45. The number of aryl methyl sites for hydroxylation is 1. The Bertz CT molecular complexity index is 1810. The highest BCUT2D eigenvalue weighted by Crippen LogP contribution is 2.44. The van der Waals surface area contributed by atoms with Gasteiger partial charge in [0.05, 0.1) is 27.7 Å². The molecule has 11 nitrogen and oxygen atoms in total. The van der Waals surface area contributed by atoms with Crippen molar-refractivity contribution in [3.8, 4) is 0 Å². The maximum absolute atomic E-state index is 13.6. The van der Waals surface area contributed by atoms with Crippen molar-refractivity contribution >= 4 is 61.2 Å². The Morgan fingerprint density at radius 3 is 2.61 bits per heavy atom. The van der Waals surface area contributed by atoms with Gasteiger partial charge in [0.2, 0.25) is 17.7 Å². The van der Waals surface area contributed by atoms with Crippen LogP contribution in [0, 0.1) is 6.92 Å². The van der Waals surface area contributed by atoms with E-state index in [-0.39, 0.29) is 34.6 Å². The third-order valence-corrected chi connectivity index (χ3v) is 8.67. The van der Waals surface area contributed by atoms with Crippen LogP contribution in [-0.4, -0.2) is 38.4 Å². The molecular weight excluding hydrogens is 510 g/mol. The van der Waals surface area contributed by atoms with Crippen molar-refractivity contribution < 1.29 is 23.1 Å². The summed E-state index contributed by atoms with van der Waals surface area (Å²) in [5.41, 5.74) is 0.297. The quantitative estimate of drug-likeness (QED) is 0.302.